The van der Waals surface area contributed by atoms with Gasteiger partial charge in [-0.25, -0.2) is 14.4 Å². The van der Waals surface area contributed by atoms with E-state index < -0.39 is 5.82 Å². The molecular formula is C21H28FN5O. The fraction of sp³-hybridized carbons (Fsp3) is 0.476. The third-order valence-corrected chi connectivity index (χ3v) is 4.81. The van der Waals surface area contributed by atoms with E-state index in [4.69, 9.17) is 4.74 Å². The normalized spacial score (nSPS) is 12.5. The molecule has 7 heteroatoms. The van der Waals surface area contributed by atoms with Gasteiger partial charge in [0.2, 0.25) is 0 Å². The average molecular weight is 385 g/mol. The van der Waals surface area contributed by atoms with E-state index in [1.165, 1.54) is 6.07 Å². The predicted molar refractivity (Wildman–Crippen MR) is 110 cm³/mol. The second-order valence-corrected chi connectivity index (χ2v) is 7.38. The highest BCUT2D eigenvalue weighted by atomic mass is 19.1. The van der Waals surface area contributed by atoms with Gasteiger partial charge >= 0.3 is 0 Å². The number of rotatable bonds is 8. The van der Waals surface area contributed by atoms with Gasteiger partial charge in [-0.3, -0.25) is 5.10 Å². The van der Waals surface area contributed by atoms with Crippen LogP contribution in [0.25, 0.3) is 22.3 Å². The van der Waals surface area contributed by atoms with Crippen LogP contribution in [0.1, 0.15) is 41.0 Å². The van der Waals surface area contributed by atoms with E-state index in [2.05, 4.69) is 45.8 Å². The van der Waals surface area contributed by atoms with Gasteiger partial charge in [0.25, 0.3) is 0 Å². The standard InChI is InChI=1S/C21H28FN5O/c1-6-14(5)11-27(7-2)20-10-18(23-12-24-20)21-15-8-19(28-13(3)4)16(22)9-17(15)25-26-21/h8-10,12-14H,6-7,11H2,1-5H3,(H,25,26). The zero-order valence-electron chi connectivity index (χ0n) is 17.2. The molecule has 1 N–H and O–H groups in total. The number of fused-ring (bicyclic) bond motifs is 1. The van der Waals surface area contributed by atoms with Crippen molar-refractivity contribution in [2.75, 3.05) is 18.0 Å². The van der Waals surface area contributed by atoms with Crippen molar-refractivity contribution in [3.8, 4) is 17.1 Å². The van der Waals surface area contributed by atoms with Crippen molar-refractivity contribution < 1.29 is 9.13 Å². The van der Waals surface area contributed by atoms with Gasteiger partial charge in [-0.05, 0) is 32.8 Å². The lowest BCUT2D eigenvalue weighted by atomic mass is 10.1. The van der Waals surface area contributed by atoms with Gasteiger partial charge < -0.3 is 9.64 Å². The Kier molecular flexibility index (Phi) is 6.11. The van der Waals surface area contributed by atoms with Crippen LogP contribution in [-0.4, -0.2) is 39.4 Å². The molecule has 0 aliphatic carbocycles. The van der Waals surface area contributed by atoms with E-state index in [1.807, 2.05) is 19.9 Å². The highest BCUT2D eigenvalue weighted by Gasteiger charge is 2.17. The minimum atomic E-state index is -0.412. The lowest BCUT2D eigenvalue weighted by Crippen LogP contribution is -2.28. The molecule has 6 nitrogen and oxygen atoms in total. The molecule has 150 valence electrons. The summed E-state index contributed by atoms with van der Waals surface area (Å²) in [7, 11) is 0. The van der Waals surface area contributed by atoms with Gasteiger partial charge in [-0.2, -0.15) is 5.10 Å². The molecule has 1 unspecified atom stereocenters. The molecule has 0 fully saturated rings. The Morgan fingerprint density at radius 2 is 1.93 bits per heavy atom. The first kappa shape index (κ1) is 20.0. The van der Waals surface area contributed by atoms with Crippen LogP contribution in [0.2, 0.25) is 0 Å². The van der Waals surface area contributed by atoms with Gasteiger partial charge in [0.1, 0.15) is 17.8 Å². The van der Waals surface area contributed by atoms with Crippen LogP contribution >= 0.6 is 0 Å². The summed E-state index contributed by atoms with van der Waals surface area (Å²) in [6.45, 7) is 12.1. The number of anilines is 1. The number of aromatic nitrogens is 4. The van der Waals surface area contributed by atoms with E-state index in [9.17, 15) is 4.39 Å². The fourth-order valence-electron chi connectivity index (χ4n) is 3.10. The predicted octanol–water partition coefficient (Wildman–Crippen LogP) is 4.82. The lowest BCUT2D eigenvalue weighted by Gasteiger charge is -2.25. The minimum absolute atomic E-state index is 0.119. The summed E-state index contributed by atoms with van der Waals surface area (Å²) in [5, 5.41) is 8.04. The molecule has 0 amide bonds. The van der Waals surface area contributed by atoms with Crippen molar-refractivity contribution in [1.82, 2.24) is 20.2 Å². The SMILES string of the molecule is CCC(C)CN(CC)c1cc(-c2n[nH]c3cc(F)c(OC(C)C)cc23)ncn1. The summed E-state index contributed by atoms with van der Waals surface area (Å²) in [5.41, 5.74) is 1.96. The number of benzene rings is 1. The molecule has 2 aromatic heterocycles. The van der Waals surface area contributed by atoms with Gasteiger partial charge in [0.15, 0.2) is 11.6 Å². The first-order chi connectivity index (χ1) is 13.4. The van der Waals surface area contributed by atoms with Crippen molar-refractivity contribution in [2.45, 2.75) is 47.1 Å². The van der Waals surface area contributed by atoms with Gasteiger partial charge in [0.05, 0.1) is 17.3 Å². The van der Waals surface area contributed by atoms with Crippen LogP contribution in [0.5, 0.6) is 5.75 Å². The molecule has 2 heterocycles. The molecule has 0 spiro atoms. The minimum Gasteiger partial charge on any atom is -0.488 e. The third kappa shape index (κ3) is 4.24. The number of hydrogen-bond acceptors (Lipinski definition) is 5. The summed E-state index contributed by atoms with van der Waals surface area (Å²) in [6, 6.07) is 5.03. The summed E-state index contributed by atoms with van der Waals surface area (Å²) in [4.78, 5) is 11.1. The monoisotopic (exact) mass is 385 g/mol. The Labute approximate surface area is 165 Å². The number of nitrogens with zero attached hydrogens (tertiary/aromatic N) is 4. The van der Waals surface area contributed by atoms with Crippen molar-refractivity contribution in [3.63, 3.8) is 0 Å². The fourth-order valence-corrected chi connectivity index (χ4v) is 3.10. The van der Waals surface area contributed by atoms with Crippen LogP contribution in [0, 0.1) is 11.7 Å². The Hall–Kier alpha value is -2.70. The van der Waals surface area contributed by atoms with Crippen molar-refractivity contribution in [2.24, 2.45) is 5.92 Å². The zero-order chi connectivity index (χ0) is 20.3. The van der Waals surface area contributed by atoms with Crippen molar-refractivity contribution in [3.05, 3.63) is 30.3 Å². The first-order valence-electron chi connectivity index (χ1n) is 9.84. The molecule has 0 aliphatic heterocycles. The second-order valence-electron chi connectivity index (χ2n) is 7.38. The number of halogens is 1. The van der Waals surface area contributed by atoms with Crippen LogP contribution in [0.15, 0.2) is 24.5 Å². The van der Waals surface area contributed by atoms with E-state index >= 15 is 0 Å². The summed E-state index contributed by atoms with van der Waals surface area (Å²) >= 11 is 0. The molecular weight excluding hydrogens is 357 g/mol. The number of aromatic amines is 1. The topological polar surface area (TPSA) is 66.9 Å². The molecule has 1 aromatic carbocycles. The Morgan fingerprint density at radius 1 is 1.14 bits per heavy atom. The number of hydrogen-bond donors (Lipinski definition) is 1. The number of nitrogens with one attached hydrogen (secondary N) is 1. The largest absolute Gasteiger partial charge is 0.488 e. The molecule has 0 aliphatic rings. The maximum Gasteiger partial charge on any atom is 0.167 e. The van der Waals surface area contributed by atoms with Gasteiger partial charge in [-0.15, -0.1) is 0 Å². The Bertz CT molecular complexity index is 940. The number of ether oxygens (including phenoxy) is 1. The maximum atomic E-state index is 14.3. The van der Waals surface area contributed by atoms with Crippen LogP contribution in [0.4, 0.5) is 10.2 Å². The van der Waals surface area contributed by atoms with Crippen LogP contribution in [-0.2, 0) is 0 Å². The van der Waals surface area contributed by atoms with E-state index in [1.54, 1.807) is 12.4 Å². The highest BCUT2D eigenvalue weighted by molar-refractivity contribution is 5.93. The lowest BCUT2D eigenvalue weighted by molar-refractivity contribution is 0.231. The highest BCUT2D eigenvalue weighted by Crippen LogP contribution is 2.31. The van der Waals surface area contributed by atoms with Crippen LogP contribution < -0.4 is 9.64 Å². The van der Waals surface area contributed by atoms with Crippen molar-refractivity contribution in [1.29, 1.82) is 0 Å². The molecule has 0 saturated carbocycles. The molecule has 1 atom stereocenters. The summed E-state index contributed by atoms with van der Waals surface area (Å²) < 4.78 is 19.8. The van der Waals surface area contributed by atoms with E-state index in [0.29, 0.717) is 22.8 Å². The van der Waals surface area contributed by atoms with Gasteiger partial charge in [0, 0.05) is 30.6 Å². The van der Waals surface area contributed by atoms with Gasteiger partial charge in [-0.1, -0.05) is 20.3 Å². The van der Waals surface area contributed by atoms with E-state index in [0.717, 1.165) is 30.7 Å². The second kappa shape index (κ2) is 8.54. The molecule has 28 heavy (non-hydrogen) atoms. The Balaban J connectivity index is 2.00. The quantitative estimate of drug-likeness (QED) is 0.602. The van der Waals surface area contributed by atoms with E-state index in [-0.39, 0.29) is 11.9 Å². The Morgan fingerprint density at radius 3 is 2.61 bits per heavy atom. The molecule has 0 radical (unpaired) electrons. The first-order valence-corrected chi connectivity index (χ1v) is 9.84. The summed E-state index contributed by atoms with van der Waals surface area (Å²) in [5.74, 6) is 1.24. The molecule has 3 aromatic rings. The van der Waals surface area contributed by atoms with Crippen molar-refractivity contribution >= 4 is 16.7 Å². The van der Waals surface area contributed by atoms with Crippen LogP contribution in [0.3, 0.4) is 0 Å². The smallest absolute Gasteiger partial charge is 0.167 e. The molecule has 0 bridgehead atoms. The zero-order valence-corrected chi connectivity index (χ0v) is 17.2. The average Bonchev–Trinajstić information content (AvgIpc) is 3.08. The third-order valence-electron chi connectivity index (χ3n) is 4.81. The number of H-pyrrole nitrogens is 1. The summed E-state index contributed by atoms with van der Waals surface area (Å²) in [6.07, 6.45) is 2.55. The molecule has 0 saturated heterocycles. The maximum absolute atomic E-state index is 14.3. The molecule has 3 rings (SSSR count).